The molecule has 3 nitrogen and oxygen atoms in total. The van der Waals surface area contributed by atoms with Crippen LogP contribution in [0, 0.1) is 5.92 Å². The van der Waals surface area contributed by atoms with E-state index < -0.39 is 17.6 Å². The van der Waals surface area contributed by atoms with Crippen LogP contribution in [-0.2, 0) is 6.18 Å². The monoisotopic (exact) mass is 287 g/mol. The standard InChI is InChI=1S/C14H16F3NO2/c15-14(16,17)11-6-4-9(5-7-11)13(20)18-12-3-1-2-10(12)8-19/h4-7,10,12,19H,1-3,8H2,(H,18,20). The fourth-order valence-electron chi connectivity index (χ4n) is 2.51. The van der Waals surface area contributed by atoms with Gasteiger partial charge in [-0.3, -0.25) is 4.79 Å². The number of hydrogen-bond acceptors (Lipinski definition) is 2. The quantitative estimate of drug-likeness (QED) is 0.897. The maximum atomic E-state index is 12.4. The van der Waals surface area contributed by atoms with Crippen molar-refractivity contribution >= 4 is 5.91 Å². The Labute approximate surface area is 114 Å². The van der Waals surface area contributed by atoms with Crippen molar-refractivity contribution in [3.8, 4) is 0 Å². The van der Waals surface area contributed by atoms with Crippen molar-refractivity contribution in [3.63, 3.8) is 0 Å². The van der Waals surface area contributed by atoms with E-state index in [2.05, 4.69) is 5.32 Å². The van der Waals surface area contributed by atoms with Crippen LogP contribution in [-0.4, -0.2) is 23.7 Å². The molecule has 1 aliphatic carbocycles. The number of benzene rings is 1. The molecule has 1 aliphatic rings. The van der Waals surface area contributed by atoms with Gasteiger partial charge in [-0.15, -0.1) is 0 Å². The molecule has 110 valence electrons. The minimum absolute atomic E-state index is 0.0119. The van der Waals surface area contributed by atoms with Crippen molar-refractivity contribution in [1.82, 2.24) is 5.32 Å². The van der Waals surface area contributed by atoms with Crippen molar-refractivity contribution in [2.45, 2.75) is 31.5 Å². The Hall–Kier alpha value is -1.56. The molecular weight excluding hydrogens is 271 g/mol. The highest BCUT2D eigenvalue weighted by Gasteiger charge is 2.31. The van der Waals surface area contributed by atoms with Crippen molar-refractivity contribution in [2.75, 3.05) is 6.61 Å². The molecule has 0 heterocycles. The van der Waals surface area contributed by atoms with Gasteiger partial charge >= 0.3 is 6.18 Å². The normalized spacial score (nSPS) is 22.8. The van der Waals surface area contributed by atoms with Crippen LogP contribution in [0.4, 0.5) is 13.2 Å². The minimum atomic E-state index is -4.40. The van der Waals surface area contributed by atoms with Gasteiger partial charge in [0.2, 0.25) is 0 Å². The summed E-state index contributed by atoms with van der Waals surface area (Å²) in [5.41, 5.74) is -0.579. The van der Waals surface area contributed by atoms with E-state index in [0.29, 0.717) is 0 Å². The number of alkyl halides is 3. The Bertz CT molecular complexity index is 470. The first-order chi connectivity index (χ1) is 9.41. The number of hydrogen-bond donors (Lipinski definition) is 2. The lowest BCUT2D eigenvalue weighted by molar-refractivity contribution is -0.137. The second-order valence-corrected chi connectivity index (χ2v) is 5.03. The van der Waals surface area contributed by atoms with E-state index in [4.69, 9.17) is 5.11 Å². The van der Waals surface area contributed by atoms with Gasteiger partial charge in [-0.1, -0.05) is 6.42 Å². The van der Waals surface area contributed by atoms with Gasteiger partial charge in [0.05, 0.1) is 5.56 Å². The summed E-state index contributed by atoms with van der Waals surface area (Å²) in [6, 6.07) is 4.03. The number of halogens is 3. The van der Waals surface area contributed by atoms with Gasteiger partial charge in [0.15, 0.2) is 0 Å². The van der Waals surface area contributed by atoms with Gasteiger partial charge in [0.25, 0.3) is 5.91 Å². The van der Waals surface area contributed by atoms with Crippen LogP contribution in [0.1, 0.15) is 35.2 Å². The molecule has 6 heteroatoms. The largest absolute Gasteiger partial charge is 0.416 e. The van der Waals surface area contributed by atoms with Gasteiger partial charge in [-0.25, -0.2) is 0 Å². The number of carbonyl (C=O) groups excluding carboxylic acids is 1. The summed E-state index contributed by atoms with van der Waals surface area (Å²) in [6.45, 7) is 0.0119. The average molecular weight is 287 g/mol. The van der Waals surface area contributed by atoms with Crippen LogP contribution in [0.15, 0.2) is 24.3 Å². The number of aliphatic hydroxyl groups excluding tert-OH is 1. The lowest BCUT2D eigenvalue weighted by atomic mass is 10.0. The van der Waals surface area contributed by atoms with Gasteiger partial charge in [-0.2, -0.15) is 13.2 Å². The van der Waals surface area contributed by atoms with Gasteiger partial charge in [0.1, 0.15) is 0 Å². The van der Waals surface area contributed by atoms with Crippen LogP contribution in [0.3, 0.4) is 0 Å². The molecule has 1 fully saturated rings. The molecule has 1 amide bonds. The minimum Gasteiger partial charge on any atom is -0.396 e. The predicted octanol–water partition coefficient (Wildman–Crippen LogP) is 2.60. The van der Waals surface area contributed by atoms with Gasteiger partial charge < -0.3 is 10.4 Å². The van der Waals surface area contributed by atoms with E-state index >= 15 is 0 Å². The Morgan fingerprint density at radius 2 is 1.90 bits per heavy atom. The van der Waals surface area contributed by atoms with Crippen LogP contribution < -0.4 is 5.32 Å². The molecule has 0 radical (unpaired) electrons. The first kappa shape index (κ1) is 14.8. The first-order valence-corrected chi connectivity index (χ1v) is 6.51. The summed E-state index contributed by atoms with van der Waals surface area (Å²) in [4.78, 5) is 11.9. The number of carbonyl (C=O) groups is 1. The SMILES string of the molecule is O=C(NC1CCCC1CO)c1ccc(C(F)(F)F)cc1. The Kier molecular flexibility index (Phi) is 4.32. The molecule has 20 heavy (non-hydrogen) atoms. The third kappa shape index (κ3) is 3.30. The highest BCUT2D eigenvalue weighted by molar-refractivity contribution is 5.94. The summed E-state index contributed by atoms with van der Waals surface area (Å²) in [5, 5.41) is 11.9. The molecular formula is C14H16F3NO2. The molecule has 0 saturated heterocycles. The van der Waals surface area contributed by atoms with Crippen LogP contribution in [0.2, 0.25) is 0 Å². The lowest BCUT2D eigenvalue weighted by Gasteiger charge is -2.19. The third-order valence-electron chi connectivity index (χ3n) is 3.68. The molecule has 0 aromatic heterocycles. The third-order valence-corrected chi connectivity index (χ3v) is 3.68. The Morgan fingerprint density at radius 3 is 2.45 bits per heavy atom. The highest BCUT2D eigenvalue weighted by atomic mass is 19.4. The maximum absolute atomic E-state index is 12.4. The molecule has 2 atom stereocenters. The Balaban J connectivity index is 2.02. The summed E-state index contributed by atoms with van der Waals surface area (Å²) in [6.07, 6.45) is -1.82. The van der Waals surface area contributed by atoms with Gasteiger partial charge in [-0.05, 0) is 37.1 Å². The molecule has 0 bridgehead atoms. The molecule has 1 aromatic carbocycles. The lowest BCUT2D eigenvalue weighted by Crippen LogP contribution is -2.38. The molecule has 0 aliphatic heterocycles. The van der Waals surface area contributed by atoms with E-state index in [1.165, 1.54) is 12.1 Å². The topological polar surface area (TPSA) is 49.3 Å². The summed E-state index contributed by atoms with van der Waals surface area (Å²) in [7, 11) is 0. The molecule has 2 N–H and O–H groups in total. The second kappa shape index (κ2) is 5.83. The van der Waals surface area contributed by atoms with E-state index in [1.807, 2.05) is 0 Å². The molecule has 1 aromatic rings. The summed E-state index contributed by atoms with van der Waals surface area (Å²) < 4.78 is 37.3. The van der Waals surface area contributed by atoms with Crippen molar-refractivity contribution in [2.24, 2.45) is 5.92 Å². The highest BCUT2D eigenvalue weighted by Crippen LogP contribution is 2.29. The first-order valence-electron chi connectivity index (χ1n) is 6.51. The van der Waals surface area contributed by atoms with Crippen molar-refractivity contribution < 1.29 is 23.1 Å². The molecule has 0 spiro atoms. The number of rotatable bonds is 3. The zero-order valence-corrected chi connectivity index (χ0v) is 10.8. The van der Waals surface area contributed by atoms with E-state index in [9.17, 15) is 18.0 Å². The van der Waals surface area contributed by atoms with Crippen LogP contribution in [0.5, 0.6) is 0 Å². The Morgan fingerprint density at radius 1 is 1.25 bits per heavy atom. The molecule has 1 saturated carbocycles. The average Bonchev–Trinajstić information content (AvgIpc) is 2.85. The predicted molar refractivity (Wildman–Crippen MR) is 67.1 cm³/mol. The number of amides is 1. The van der Waals surface area contributed by atoms with E-state index in [0.717, 1.165) is 31.4 Å². The van der Waals surface area contributed by atoms with Crippen molar-refractivity contribution in [1.29, 1.82) is 0 Å². The van der Waals surface area contributed by atoms with Crippen molar-refractivity contribution in [3.05, 3.63) is 35.4 Å². The summed E-state index contributed by atoms with van der Waals surface area (Å²) in [5.74, 6) is -0.363. The summed E-state index contributed by atoms with van der Waals surface area (Å²) >= 11 is 0. The number of aliphatic hydroxyl groups is 1. The van der Waals surface area contributed by atoms with E-state index in [1.54, 1.807) is 0 Å². The van der Waals surface area contributed by atoms with E-state index in [-0.39, 0.29) is 24.1 Å². The molecule has 2 rings (SSSR count). The van der Waals surface area contributed by atoms with Crippen LogP contribution >= 0.6 is 0 Å². The van der Waals surface area contributed by atoms with Gasteiger partial charge in [0, 0.05) is 24.1 Å². The number of nitrogens with one attached hydrogen (secondary N) is 1. The second-order valence-electron chi connectivity index (χ2n) is 5.03. The maximum Gasteiger partial charge on any atom is 0.416 e. The fourth-order valence-corrected chi connectivity index (χ4v) is 2.51. The molecule has 2 unspecified atom stereocenters. The zero-order valence-electron chi connectivity index (χ0n) is 10.8. The smallest absolute Gasteiger partial charge is 0.396 e. The zero-order chi connectivity index (χ0) is 14.8. The van der Waals surface area contributed by atoms with Crippen LogP contribution in [0.25, 0.3) is 0 Å². The fraction of sp³-hybridized carbons (Fsp3) is 0.500.